The molecule has 3 rings (SSSR count). The van der Waals surface area contributed by atoms with Crippen LogP contribution in [0.3, 0.4) is 0 Å². The summed E-state index contributed by atoms with van der Waals surface area (Å²) in [7, 11) is 0. The second kappa shape index (κ2) is 8.20. The Morgan fingerprint density at radius 3 is 2.52 bits per heavy atom. The van der Waals surface area contributed by atoms with Crippen molar-refractivity contribution >= 4 is 40.7 Å². The Morgan fingerprint density at radius 1 is 1.22 bits per heavy atom. The topological polar surface area (TPSA) is 99.6 Å². The standard InChI is InChI=1S/C16H14Cl2N6O2S/c1-9(2)8-23-14(12-4-3-10(17)5-13(12)18)21-22-16(23)27-15-19-6-11(7-20-15)24(25)26/h3-7,9H,8H2,1-2H3. The van der Waals surface area contributed by atoms with Crippen LogP contribution in [0.1, 0.15) is 13.8 Å². The molecule has 27 heavy (non-hydrogen) atoms. The molecule has 0 aliphatic heterocycles. The summed E-state index contributed by atoms with van der Waals surface area (Å²) >= 11 is 13.5. The van der Waals surface area contributed by atoms with Gasteiger partial charge < -0.3 is 4.57 Å². The molecule has 2 heterocycles. The summed E-state index contributed by atoms with van der Waals surface area (Å²) in [6, 6.07) is 5.19. The fourth-order valence-electron chi connectivity index (χ4n) is 2.30. The molecule has 0 fully saturated rings. The highest BCUT2D eigenvalue weighted by molar-refractivity contribution is 7.99. The average molecular weight is 425 g/mol. The van der Waals surface area contributed by atoms with Gasteiger partial charge in [-0.05, 0) is 35.9 Å². The first-order valence-corrected chi connectivity index (χ1v) is 9.45. The van der Waals surface area contributed by atoms with Gasteiger partial charge in [-0.2, -0.15) is 0 Å². The van der Waals surface area contributed by atoms with Gasteiger partial charge in [0.05, 0.1) is 9.95 Å². The minimum atomic E-state index is -0.545. The molecule has 0 radical (unpaired) electrons. The molecule has 0 bridgehead atoms. The molecule has 0 aliphatic carbocycles. The lowest BCUT2D eigenvalue weighted by molar-refractivity contribution is -0.385. The van der Waals surface area contributed by atoms with Crippen molar-refractivity contribution in [3.8, 4) is 11.4 Å². The number of hydrogen-bond acceptors (Lipinski definition) is 7. The van der Waals surface area contributed by atoms with E-state index >= 15 is 0 Å². The van der Waals surface area contributed by atoms with Crippen LogP contribution in [0.2, 0.25) is 10.0 Å². The fourth-order valence-corrected chi connectivity index (χ4v) is 3.52. The Balaban J connectivity index is 1.98. The highest BCUT2D eigenvalue weighted by Gasteiger charge is 2.19. The highest BCUT2D eigenvalue weighted by Crippen LogP contribution is 2.33. The molecular formula is C16H14Cl2N6O2S. The Bertz CT molecular complexity index is 978. The van der Waals surface area contributed by atoms with Crippen LogP contribution in [0.15, 0.2) is 40.9 Å². The molecule has 3 aromatic rings. The van der Waals surface area contributed by atoms with Gasteiger partial charge in [-0.1, -0.05) is 37.0 Å². The van der Waals surface area contributed by atoms with Gasteiger partial charge in [-0.3, -0.25) is 10.1 Å². The number of nitrogens with zero attached hydrogens (tertiary/aromatic N) is 6. The van der Waals surface area contributed by atoms with Crippen molar-refractivity contribution in [3.63, 3.8) is 0 Å². The van der Waals surface area contributed by atoms with Crippen LogP contribution in [-0.4, -0.2) is 29.7 Å². The molecule has 0 unspecified atom stereocenters. The van der Waals surface area contributed by atoms with Crippen molar-refractivity contribution in [1.29, 1.82) is 0 Å². The SMILES string of the molecule is CC(C)Cn1c(Sc2ncc([N+](=O)[O-])cn2)nnc1-c1ccc(Cl)cc1Cl. The normalized spacial score (nSPS) is 11.1. The summed E-state index contributed by atoms with van der Waals surface area (Å²) in [4.78, 5) is 18.2. The number of aromatic nitrogens is 5. The molecule has 0 spiro atoms. The fraction of sp³-hybridized carbons (Fsp3) is 0.250. The lowest BCUT2D eigenvalue weighted by Gasteiger charge is -2.13. The molecule has 8 nitrogen and oxygen atoms in total. The zero-order valence-corrected chi connectivity index (χ0v) is 16.7. The van der Waals surface area contributed by atoms with Crippen LogP contribution in [0.4, 0.5) is 5.69 Å². The van der Waals surface area contributed by atoms with Gasteiger partial charge in [0.1, 0.15) is 12.4 Å². The first-order chi connectivity index (χ1) is 12.8. The Kier molecular flexibility index (Phi) is 5.93. The van der Waals surface area contributed by atoms with Crippen molar-refractivity contribution in [1.82, 2.24) is 24.7 Å². The number of nitro groups is 1. The molecule has 0 saturated carbocycles. The van der Waals surface area contributed by atoms with Crippen molar-refractivity contribution in [2.45, 2.75) is 30.7 Å². The predicted octanol–water partition coefficient (Wildman–Crippen LogP) is 4.76. The molecule has 0 N–H and O–H groups in total. The van der Waals surface area contributed by atoms with Crippen LogP contribution in [0.5, 0.6) is 0 Å². The van der Waals surface area contributed by atoms with Crippen LogP contribution < -0.4 is 0 Å². The smallest absolute Gasteiger partial charge is 0.301 e. The molecule has 140 valence electrons. The molecule has 0 aliphatic rings. The van der Waals surface area contributed by atoms with E-state index < -0.39 is 4.92 Å². The number of benzene rings is 1. The summed E-state index contributed by atoms with van der Waals surface area (Å²) in [5.41, 5.74) is 0.544. The Hall–Kier alpha value is -2.23. The molecule has 0 amide bonds. The summed E-state index contributed by atoms with van der Waals surface area (Å²) in [5.74, 6) is 0.928. The van der Waals surface area contributed by atoms with Crippen LogP contribution in [0.25, 0.3) is 11.4 Å². The average Bonchev–Trinajstić information content (AvgIpc) is 2.97. The molecule has 11 heteroatoms. The second-order valence-corrected chi connectivity index (χ2v) is 7.80. The summed E-state index contributed by atoms with van der Waals surface area (Å²) in [6.45, 7) is 4.80. The molecule has 0 atom stereocenters. The van der Waals surface area contributed by atoms with Gasteiger partial charge in [-0.25, -0.2) is 9.97 Å². The maximum absolute atomic E-state index is 10.7. The van der Waals surface area contributed by atoms with Gasteiger partial charge in [0.25, 0.3) is 0 Å². The van der Waals surface area contributed by atoms with Gasteiger partial charge in [0.2, 0.25) is 0 Å². The van der Waals surface area contributed by atoms with Crippen LogP contribution in [-0.2, 0) is 6.54 Å². The van der Waals surface area contributed by atoms with E-state index in [4.69, 9.17) is 23.2 Å². The lowest BCUT2D eigenvalue weighted by Crippen LogP contribution is -2.08. The van der Waals surface area contributed by atoms with Crippen molar-refractivity contribution in [2.24, 2.45) is 5.92 Å². The van der Waals surface area contributed by atoms with Gasteiger partial charge >= 0.3 is 5.69 Å². The third kappa shape index (κ3) is 4.55. The van der Waals surface area contributed by atoms with Gasteiger partial charge in [-0.15, -0.1) is 10.2 Å². The number of halogens is 2. The Morgan fingerprint density at radius 2 is 1.93 bits per heavy atom. The van der Waals surface area contributed by atoms with Gasteiger partial charge in [0.15, 0.2) is 16.1 Å². The molecule has 0 saturated heterocycles. The second-order valence-electron chi connectivity index (χ2n) is 6.02. The molecule has 1 aromatic carbocycles. The van der Waals surface area contributed by atoms with Crippen LogP contribution >= 0.6 is 35.0 Å². The summed E-state index contributed by atoms with van der Waals surface area (Å²) in [5, 5.41) is 21.2. The number of rotatable bonds is 6. The first-order valence-electron chi connectivity index (χ1n) is 7.88. The quantitative estimate of drug-likeness (QED) is 0.319. The van der Waals surface area contributed by atoms with E-state index in [2.05, 4.69) is 34.0 Å². The van der Waals surface area contributed by atoms with E-state index in [-0.39, 0.29) is 5.69 Å². The summed E-state index contributed by atoms with van der Waals surface area (Å²) < 4.78 is 1.93. The molecule has 2 aromatic heterocycles. The van der Waals surface area contributed by atoms with E-state index in [9.17, 15) is 10.1 Å². The maximum atomic E-state index is 10.7. The predicted molar refractivity (Wildman–Crippen MR) is 103 cm³/mol. The van der Waals surface area contributed by atoms with Crippen molar-refractivity contribution < 1.29 is 4.92 Å². The largest absolute Gasteiger partial charge is 0.305 e. The molecular weight excluding hydrogens is 411 g/mol. The third-order valence-electron chi connectivity index (χ3n) is 3.44. The maximum Gasteiger partial charge on any atom is 0.305 e. The highest BCUT2D eigenvalue weighted by atomic mass is 35.5. The summed E-state index contributed by atoms with van der Waals surface area (Å²) in [6.07, 6.45) is 2.32. The van der Waals surface area contributed by atoms with Crippen molar-refractivity contribution in [3.05, 3.63) is 50.8 Å². The van der Waals surface area contributed by atoms with E-state index in [0.29, 0.717) is 44.2 Å². The van der Waals surface area contributed by atoms with E-state index in [0.717, 1.165) is 12.4 Å². The lowest BCUT2D eigenvalue weighted by atomic mass is 10.2. The zero-order valence-electron chi connectivity index (χ0n) is 14.3. The first kappa shape index (κ1) is 19.5. The third-order valence-corrected chi connectivity index (χ3v) is 4.87. The van der Waals surface area contributed by atoms with E-state index in [1.807, 2.05) is 4.57 Å². The monoisotopic (exact) mass is 424 g/mol. The number of hydrogen-bond donors (Lipinski definition) is 0. The van der Waals surface area contributed by atoms with Gasteiger partial charge in [0, 0.05) is 17.1 Å². The zero-order chi connectivity index (χ0) is 19.6. The minimum Gasteiger partial charge on any atom is -0.301 e. The Labute approximate surface area is 169 Å². The minimum absolute atomic E-state index is 0.170. The van der Waals surface area contributed by atoms with E-state index in [1.165, 1.54) is 11.8 Å². The van der Waals surface area contributed by atoms with Crippen molar-refractivity contribution in [2.75, 3.05) is 0 Å². The van der Waals surface area contributed by atoms with Crippen LogP contribution in [0, 0.1) is 16.0 Å². The van der Waals surface area contributed by atoms with E-state index in [1.54, 1.807) is 18.2 Å².